The second kappa shape index (κ2) is 16.4. The topological polar surface area (TPSA) is 107 Å². The number of benzene rings is 1. The van der Waals surface area contributed by atoms with Gasteiger partial charge in [-0.15, -0.1) is 0 Å². The van der Waals surface area contributed by atoms with E-state index in [9.17, 15) is 14.4 Å². The summed E-state index contributed by atoms with van der Waals surface area (Å²) in [5, 5.41) is 5.37. The van der Waals surface area contributed by atoms with Gasteiger partial charge in [-0.2, -0.15) is 0 Å². The van der Waals surface area contributed by atoms with Gasteiger partial charge in [0.2, 0.25) is 0 Å². The number of pyridine rings is 1. The van der Waals surface area contributed by atoms with E-state index in [0.29, 0.717) is 22.8 Å². The Morgan fingerprint density at radius 2 is 1.68 bits per heavy atom. The van der Waals surface area contributed by atoms with Crippen LogP contribution in [0.1, 0.15) is 106 Å². The van der Waals surface area contributed by atoms with E-state index in [2.05, 4.69) is 43.0 Å². The van der Waals surface area contributed by atoms with Crippen LogP contribution in [0.5, 0.6) is 0 Å². The van der Waals surface area contributed by atoms with Gasteiger partial charge < -0.3 is 24.4 Å². The molecule has 9 nitrogen and oxygen atoms in total. The van der Waals surface area contributed by atoms with Crippen LogP contribution in [-0.4, -0.2) is 72.8 Å². The maximum atomic E-state index is 12.7. The number of esters is 3. The molecule has 1 aromatic carbocycles. The van der Waals surface area contributed by atoms with Crippen LogP contribution in [0, 0.1) is 46.3 Å². The van der Waals surface area contributed by atoms with Crippen LogP contribution in [0.3, 0.4) is 0 Å². The minimum Gasteiger partial charge on any atom is -0.463 e. The molecule has 0 radical (unpaired) electrons. The summed E-state index contributed by atoms with van der Waals surface area (Å²) in [6.07, 6.45) is 11.0. The number of carbonyl (C=O) groups is 3. The van der Waals surface area contributed by atoms with Crippen LogP contribution in [0.25, 0.3) is 10.9 Å². The number of aromatic nitrogens is 1. The van der Waals surface area contributed by atoms with E-state index in [4.69, 9.17) is 25.8 Å². The van der Waals surface area contributed by atoms with E-state index >= 15 is 0 Å². The van der Waals surface area contributed by atoms with Crippen molar-refractivity contribution in [1.82, 2.24) is 9.88 Å². The molecule has 11 atom stereocenters. The van der Waals surface area contributed by atoms with Gasteiger partial charge in [0.05, 0.1) is 5.52 Å². The molecule has 0 saturated heterocycles. The molecule has 0 amide bonds. The van der Waals surface area contributed by atoms with E-state index in [1.165, 1.54) is 13.8 Å². The van der Waals surface area contributed by atoms with Crippen molar-refractivity contribution in [2.75, 3.05) is 32.0 Å². The quantitative estimate of drug-likeness (QED) is 0.122. The molecule has 1 aromatic heterocycles. The lowest BCUT2D eigenvalue weighted by Gasteiger charge is -2.64. The van der Waals surface area contributed by atoms with Gasteiger partial charge in [-0.25, -0.2) is 0 Å². The van der Waals surface area contributed by atoms with E-state index in [0.717, 1.165) is 100 Å². The minimum atomic E-state index is -0.236. The Labute approximate surface area is 321 Å². The molecular weight excluding hydrogens is 690 g/mol. The first-order chi connectivity index (χ1) is 25.2. The number of fused-ring (bicyclic) bond motifs is 6. The van der Waals surface area contributed by atoms with Gasteiger partial charge in [0.15, 0.2) is 0 Å². The van der Waals surface area contributed by atoms with Crippen molar-refractivity contribution in [3.05, 3.63) is 35.5 Å². The largest absolute Gasteiger partial charge is 0.463 e. The fraction of sp³-hybridized carbons (Fsp3) is 0.721. The molecule has 10 heteroatoms. The first-order valence-corrected chi connectivity index (χ1v) is 20.6. The summed E-state index contributed by atoms with van der Waals surface area (Å²) in [6.45, 7) is 14.7. The Morgan fingerprint density at radius 3 is 2.42 bits per heavy atom. The highest BCUT2D eigenvalue weighted by atomic mass is 35.5. The standard InChI is InChI=1S/C43H62ClN3O6/c1-26(10-8-20-47(7)21-9-18-45-37-16-19-46-38-24-31(44)11-12-33(37)38)34-13-14-35-41-36(25-40(43(34,35)6)53-29(4)50)42(5)17-15-32(51-27(2)48)22-30(42)23-39(41)52-28(3)49/h11-12,16,19,24,26,30,32,34-36,39-41H,8-10,13-15,17-18,20-23,25H2,1-7H3,(H,45,46)/t26-,30+,32-,34-,35+,36+,39-,40+,41+,42+,43-/m1/s1. The van der Waals surface area contributed by atoms with E-state index in [1.54, 1.807) is 6.92 Å². The molecule has 0 bridgehead atoms. The van der Waals surface area contributed by atoms with Gasteiger partial charge in [0.1, 0.15) is 18.3 Å². The summed E-state index contributed by atoms with van der Waals surface area (Å²) >= 11 is 6.17. The van der Waals surface area contributed by atoms with Crippen LogP contribution in [0.2, 0.25) is 5.02 Å². The first-order valence-electron chi connectivity index (χ1n) is 20.2. The number of halogens is 1. The second-order valence-corrected chi connectivity index (χ2v) is 17.9. The van der Waals surface area contributed by atoms with Crippen LogP contribution in [0.15, 0.2) is 30.5 Å². The van der Waals surface area contributed by atoms with Crippen molar-refractivity contribution < 1.29 is 28.6 Å². The fourth-order valence-electron chi connectivity index (χ4n) is 12.0. The SMILES string of the molecule is CC(=O)O[C@@H]1CC[C@@]2(C)[C@@H](C1)C[C@@H](OC(C)=O)[C@@H]1[C@@H]2C[C@H](OC(C)=O)[C@]2(C)[C@@H]([C@H](C)CCCN(C)CCCNc3ccnc4cc(Cl)ccc34)CC[C@@H]12. The molecule has 292 valence electrons. The van der Waals surface area contributed by atoms with Gasteiger partial charge in [0.25, 0.3) is 0 Å². The molecule has 6 rings (SSSR count). The Bertz CT molecular complexity index is 1640. The average molecular weight is 752 g/mol. The van der Waals surface area contributed by atoms with Gasteiger partial charge in [-0.1, -0.05) is 32.4 Å². The Morgan fingerprint density at radius 1 is 0.943 bits per heavy atom. The monoisotopic (exact) mass is 751 g/mol. The highest BCUT2D eigenvalue weighted by Crippen LogP contribution is 2.69. The molecule has 4 fully saturated rings. The summed E-state index contributed by atoms with van der Waals surface area (Å²) in [4.78, 5) is 44.1. The molecule has 2 aromatic rings. The number of hydrogen-bond acceptors (Lipinski definition) is 9. The van der Waals surface area contributed by atoms with Crippen LogP contribution in [-0.2, 0) is 28.6 Å². The Hall–Kier alpha value is -2.91. The zero-order valence-corrected chi connectivity index (χ0v) is 33.8. The third kappa shape index (κ3) is 8.36. The van der Waals surface area contributed by atoms with Crippen molar-refractivity contribution in [2.24, 2.45) is 46.3 Å². The van der Waals surface area contributed by atoms with Crippen LogP contribution < -0.4 is 5.32 Å². The van der Waals surface area contributed by atoms with Crippen molar-refractivity contribution in [1.29, 1.82) is 0 Å². The number of anilines is 1. The smallest absolute Gasteiger partial charge is 0.302 e. The maximum absolute atomic E-state index is 12.7. The predicted octanol–water partition coefficient (Wildman–Crippen LogP) is 8.71. The van der Waals surface area contributed by atoms with E-state index in [-0.39, 0.29) is 64.8 Å². The summed E-state index contributed by atoms with van der Waals surface area (Å²) < 4.78 is 18.3. The lowest BCUT2D eigenvalue weighted by Crippen LogP contribution is -2.63. The molecule has 4 aliphatic rings. The molecule has 1 heterocycles. The lowest BCUT2D eigenvalue weighted by atomic mass is 9.43. The zero-order valence-electron chi connectivity index (χ0n) is 33.0. The second-order valence-electron chi connectivity index (χ2n) is 17.5. The average Bonchev–Trinajstić information content (AvgIpc) is 3.45. The zero-order chi connectivity index (χ0) is 38.1. The number of carbonyl (C=O) groups excluding carboxylic acids is 3. The summed E-state index contributed by atoms with van der Waals surface area (Å²) in [7, 11) is 2.21. The molecule has 0 aliphatic heterocycles. The molecule has 0 spiro atoms. The highest BCUT2D eigenvalue weighted by Gasteiger charge is 2.67. The van der Waals surface area contributed by atoms with Crippen molar-refractivity contribution in [2.45, 2.75) is 124 Å². The number of rotatable bonds is 13. The molecule has 4 aliphatic carbocycles. The van der Waals surface area contributed by atoms with Crippen molar-refractivity contribution in [3.63, 3.8) is 0 Å². The Kier molecular flexibility index (Phi) is 12.3. The summed E-state index contributed by atoms with van der Waals surface area (Å²) in [6, 6.07) is 7.85. The van der Waals surface area contributed by atoms with E-state index < -0.39 is 0 Å². The molecule has 53 heavy (non-hydrogen) atoms. The van der Waals surface area contributed by atoms with Gasteiger partial charge in [0, 0.05) is 60.9 Å². The van der Waals surface area contributed by atoms with E-state index in [1.807, 2.05) is 30.5 Å². The predicted molar refractivity (Wildman–Crippen MR) is 208 cm³/mol. The lowest BCUT2D eigenvalue weighted by molar-refractivity contribution is -0.224. The van der Waals surface area contributed by atoms with Gasteiger partial charge >= 0.3 is 17.9 Å². The highest BCUT2D eigenvalue weighted by molar-refractivity contribution is 6.31. The van der Waals surface area contributed by atoms with Crippen LogP contribution in [0.4, 0.5) is 5.69 Å². The normalized spacial score (nSPS) is 34.1. The van der Waals surface area contributed by atoms with Crippen LogP contribution >= 0.6 is 11.6 Å². The maximum Gasteiger partial charge on any atom is 0.302 e. The molecular formula is C43H62ClN3O6. The molecule has 4 saturated carbocycles. The van der Waals surface area contributed by atoms with Gasteiger partial charge in [-0.05, 0) is 144 Å². The number of hydrogen-bond donors (Lipinski definition) is 1. The first kappa shape index (κ1) is 39.8. The third-order valence-electron chi connectivity index (χ3n) is 14.3. The van der Waals surface area contributed by atoms with Crippen molar-refractivity contribution in [3.8, 4) is 0 Å². The minimum absolute atomic E-state index is 0.00188. The molecule has 1 N–H and O–H groups in total. The number of ether oxygens (including phenoxy) is 3. The number of nitrogens with zero attached hydrogens (tertiary/aromatic N) is 2. The van der Waals surface area contributed by atoms with Gasteiger partial charge in [-0.3, -0.25) is 19.4 Å². The Balaban J connectivity index is 1.09. The summed E-state index contributed by atoms with van der Waals surface area (Å²) in [5.41, 5.74) is 1.79. The molecule has 0 unspecified atom stereocenters. The summed E-state index contributed by atoms with van der Waals surface area (Å²) in [5.74, 6) is 1.27. The third-order valence-corrected chi connectivity index (χ3v) is 14.6. The number of nitrogens with one attached hydrogen (secondary N) is 1. The fourth-order valence-corrected chi connectivity index (χ4v) is 12.1. The van der Waals surface area contributed by atoms with Crippen molar-refractivity contribution >= 4 is 46.1 Å².